The number of halogens is 1. The van der Waals surface area contributed by atoms with Crippen molar-refractivity contribution in [1.29, 1.82) is 0 Å². The van der Waals surface area contributed by atoms with Crippen LogP contribution in [0.5, 0.6) is 23.0 Å². The second-order valence-corrected chi connectivity index (χ2v) is 4.32. The number of carbonyl (C=O) groups is 1. The number of carbonyl (C=O) groups excluding carboxylic acids is 1. The van der Waals surface area contributed by atoms with Crippen LogP contribution < -0.4 is 14.2 Å². The maximum atomic E-state index is 13.7. The number of hydrogen-bond acceptors (Lipinski definition) is 4. The zero-order valence-electron chi connectivity index (χ0n) is 12.0. The Bertz CT molecular complexity index is 645. The molecule has 0 aromatic heterocycles. The number of rotatable bonds is 5. The first-order chi connectivity index (χ1) is 10.0. The molecule has 2 aromatic rings. The fraction of sp³-hybridized carbons (Fsp3) is 0.188. The van der Waals surface area contributed by atoms with Crippen LogP contribution in [-0.4, -0.2) is 20.0 Å². The van der Waals surface area contributed by atoms with E-state index in [1.165, 1.54) is 39.3 Å². The average Bonchev–Trinajstić information content (AvgIpc) is 2.46. The number of hydrogen-bond donors (Lipinski definition) is 0. The third-order valence-corrected chi connectivity index (χ3v) is 2.88. The summed E-state index contributed by atoms with van der Waals surface area (Å²) < 4.78 is 29.6. The van der Waals surface area contributed by atoms with Gasteiger partial charge in [0.2, 0.25) is 0 Å². The summed E-state index contributed by atoms with van der Waals surface area (Å²) in [4.78, 5) is 11.6. The molecule has 5 heteroatoms. The Labute approximate surface area is 122 Å². The van der Waals surface area contributed by atoms with Crippen molar-refractivity contribution in [2.45, 2.75) is 6.92 Å². The van der Waals surface area contributed by atoms with Crippen LogP contribution in [0.15, 0.2) is 36.4 Å². The van der Waals surface area contributed by atoms with Gasteiger partial charge in [0.1, 0.15) is 28.8 Å². The Morgan fingerprint density at radius 2 is 1.57 bits per heavy atom. The number of benzene rings is 2. The molecule has 0 fully saturated rings. The first-order valence-corrected chi connectivity index (χ1v) is 6.25. The lowest BCUT2D eigenvalue weighted by Gasteiger charge is -2.12. The van der Waals surface area contributed by atoms with Gasteiger partial charge in [-0.25, -0.2) is 4.39 Å². The van der Waals surface area contributed by atoms with E-state index in [2.05, 4.69) is 0 Å². The molecule has 0 N–H and O–H groups in total. The summed E-state index contributed by atoms with van der Waals surface area (Å²) in [6.45, 7) is 1.29. The molecule has 0 aliphatic rings. The molecule has 0 bridgehead atoms. The number of ketones is 1. The van der Waals surface area contributed by atoms with Gasteiger partial charge in [0, 0.05) is 18.2 Å². The van der Waals surface area contributed by atoms with Gasteiger partial charge in [-0.3, -0.25) is 4.79 Å². The van der Waals surface area contributed by atoms with Crippen LogP contribution in [-0.2, 0) is 0 Å². The summed E-state index contributed by atoms with van der Waals surface area (Å²) >= 11 is 0. The molecule has 2 aromatic carbocycles. The minimum atomic E-state index is -0.616. The third-order valence-electron chi connectivity index (χ3n) is 2.88. The smallest absolute Gasteiger partial charge is 0.166 e. The maximum absolute atomic E-state index is 13.7. The average molecular weight is 290 g/mol. The van der Waals surface area contributed by atoms with E-state index in [4.69, 9.17) is 14.2 Å². The lowest BCUT2D eigenvalue weighted by Crippen LogP contribution is -2.01. The van der Waals surface area contributed by atoms with Crippen molar-refractivity contribution in [3.63, 3.8) is 0 Å². The second-order valence-electron chi connectivity index (χ2n) is 4.32. The van der Waals surface area contributed by atoms with Gasteiger partial charge in [-0.1, -0.05) is 6.07 Å². The Morgan fingerprint density at radius 1 is 1.00 bits per heavy atom. The summed E-state index contributed by atoms with van der Waals surface area (Å²) in [6, 6.07) is 9.16. The molecule has 2 rings (SSSR count). The maximum Gasteiger partial charge on any atom is 0.166 e. The number of methoxy groups -OCH3 is 2. The molecule has 0 aliphatic carbocycles. The molecule has 0 aliphatic heterocycles. The van der Waals surface area contributed by atoms with Crippen LogP contribution in [0.2, 0.25) is 0 Å². The van der Waals surface area contributed by atoms with Crippen LogP contribution in [0.1, 0.15) is 17.3 Å². The predicted octanol–water partition coefficient (Wildman–Crippen LogP) is 3.84. The van der Waals surface area contributed by atoms with Crippen molar-refractivity contribution in [3.8, 4) is 23.0 Å². The van der Waals surface area contributed by atoms with E-state index >= 15 is 0 Å². The summed E-state index contributed by atoms with van der Waals surface area (Å²) in [5, 5.41) is 0. The van der Waals surface area contributed by atoms with Crippen molar-refractivity contribution in [2.24, 2.45) is 0 Å². The second kappa shape index (κ2) is 6.26. The van der Waals surface area contributed by atoms with E-state index in [1.807, 2.05) is 0 Å². The van der Waals surface area contributed by atoms with Crippen molar-refractivity contribution in [2.75, 3.05) is 14.2 Å². The highest BCUT2D eigenvalue weighted by molar-refractivity contribution is 5.97. The Hall–Kier alpha value is -2.56. The van der Waals surface area contributed by atoms with Gasteiger partial charge in [0.25, 0.3) is 0 Å². The molecular weight excluding hydrogens is 275 g/mol. The van der Waals surface area contributed by atoms with Crippen LogP contribution in [0.3, 0.4) is 0 Å². The topological polar surface area (TPSA) is 44.8 Å². The summed E-state index contributed by atoms with van der Waals surface area (Å²) in [5.74, 6) is 0.584. The largest absolute Gasteiger partial charge is 0.496 e. The molecule has 4 nitrogen and oxygen atoms in total. The minimum Gasteiger partial charge on any atom is -0.496 e. The standard InChI is InChI=1S/C16H15FO4/c1-10(18)16-14(17)5-4-6-15(16)21-13-8-11(19-2)7-12(9-13)20-3/h4-9H,1-3H3. The highest BCUT2D eigenvalue weighted by atomic mass is 19.1. The molecule has 0 saturated carbocycles. The van der Waals surface area contributed by atoms with Gasteiger partial charge in [-0.15, -0.1) is 0 Å². The number of Topliss-reactive ketones (excluding diaryl/α,β-unsaturated/α-hetero) is 1. The van der Waals surface area contributed by atoms with E-state index in [1.54, 1.807) is 18.2 Å². The first kappa shape index (κ1) is 14.8. The molecule has 21 heavy (non-hydrogen) atoms. The van der Waals surface area contributed by atoms with E-state index in [9.17, 15) is 9.18 Å². The Morgan fingerprint density at radius 3 is 2.10 bits per heavy atom. The van der Waals surface area contributed by atoms with Crippen molar-refractivity contribution in [3.05, 3.63) is 47.8 Å². The van der Waals surface area contributed by atoms with Crippen LogP contribution in [0.4, 0.5) is 4.39 Å². The quantitative estimate of drug-likeness (QED) is 0.785. The van der Waals surface area contributed by atoms with Crippen LogP contribution >= 0.6 is 0 Å². The van der Waals surface area contributed by atoms with Gasteiger partial charge in [-0.05, 0) is 19.1 Å². The van der Waals surface area contributed by atoms with Crippen LogP contribution in [0.25, 0.3) is 0 Å². The van der Waals surface area contributed by atoms with Gasteiger partial charge in [-0.2, -0.15) is 0 Å². The number of ether oxygens (including phenoxy) is 3. The summed E-state index contributed by atoms with van der Waals surface area (Å²) in [5.41, 5.74) is -0.0840. The van der Waals surface area contributed by atoms with E-state index in [-0.39, 0.29) is 11.3 Å². The minimum absolute atomic E-state index is 0.0840. The van der Waals surface area contributed by atoms with Gasteiger partial charge >= 0.3 is 0 Å². The molecule has 0 heterocycles. The predicted molar refractivity (Wildman–Crippen MR) is 76.0 cm³/mol. The van der Waals surface area contributed by atoms with Crippen molar-refractivity contribution < 1.29 is 23.4 Å². The SMILES string of the molecule is COc1cc(OC)cc(Oc2cccc(F)c2C(C)=O)c1. The van der Waals surface area contributed by atoms with Gasteiger partial charge < -0.3 is 14.2 Å². The van der Waals surface area contributed by atoms with Crippen molar-refractivity contribution in [1.82, 2.24) is 0 Å². The molecular formula is C16H15FO4. The molecule has 110 valence electrons. The van der Waals surface area contributed by atoms with Gasteiger partial charge in [0.05, 0.1) is 19.8 Å². The summed E-state index contributed by atoms with van der Waals surface area (Å²) in [6.07, 6.45) is 0. The fourth-order valence-electron chi connectivity index (χ4n) is 1.90. The zero-order chi connectivity index (χ0) is 15.4. The van der Waals surface area contributed by atoms with E-state index < -0.39 is 11.6 Å². The van der Waals surface area contributed by atoms with E-state index in [0.29, 0.717) is 17.2 Å². The highest BCUT2D eigenvalue weighted by Crippen LogP contribution is 2.33. The van der Waals surface area contributed by atoms with Crippen LogP contribution in [0, 0.1) is 5.82 Å². The Kier molecular flexibility index (Phi) is 4.42. The van der Waals surface area contributed by atoms with Gasteiger partial charge in [0.15, 0.2) is 5.78 Å². The molecule has 0 radical (unpaired) electrons. The third kappa shape index (κ3) is 3.31. The molecule has 0 spiro atoms. The molecule has 0 atom stereocenters. The molecule has 0 amide bonds. The zero-order valence-corrected chi connectivity index (χ0v) is 12.0. The monoisotopic (exact) mass is 290 g/mol. The van der Waals surface area contributed by atoms with Crippen molar-refractivity contribution >= 4 is 5.78 Å². The lowest BCUT2D eigenvalue weighted by atomic mass is 10.1. The first-order valence-electron chi connectivity index (χ1n) is 6.25. The summed E-state index contributed by atoms with van der Waals surface area (Å²) in [7, 11) is 3.03. The highest BCUT2D eigenvalue weighted by Gasteiger charge is 2.15. The normalized spacial score (nSPS) is 10.1. The molecule has 0 unspecified atom stereocenters. The Balaban J connectivity index is 2.43. The van der Waals surface area contributed by atoms with E-state index in [0.717, 1.165) is 0 Å². The fourth-order valence-corrected chi connectivity index (χ4v) is 1.90. The molecule has 0 saturated heterocycles. The lowest BCUT2D eigenvalue weighted by molar-refractivity contribution is 0.101.